The number of hydrogen-bond donors (Lipinski definition) is 2. The number of amides is 1. The van der Waals surface area contributed by atoms with Crippen LogP contribution in [0.25, 0.3) is 0 Å². The van der Waals surface area contributed by atoms with Crippen LogP contribution in [0.15, 0.2) is 0 Å². The molecule has 2 aliphatic rings. The van der Waals surface area contributed by atoms with Crippen LogP contribution in [0, 0.1) is 0 Å². The maximum atomic E-state index is 11.9. The van der Waals surface area contributed by atoms with Crippen LogP contribution in [0.5, 0.6) is 0 Å². The van der Waals surface area contributed by atoms with Crippen LogP contribution in [-0.4, -0.2) is 66.3 Å². The van der Waals surface area contributed by atoms with Crippen molar-refractivity contribution in [1.82, 2.24) is 5.32 Å². The van der Waals surface area contributed by atoms with Gasteiger partial charge in [-0.3, -0.25) is 0 Å². The molecule has 0 aromatic carbocycles. The number of carboxylic acids is 1. The Kier molecular flexibility index (Phi) is 5.10. The van der Waals surface area contributed by atoms with Gasteiger partial charge in [0, 0.05) is 7.11 Å². The Labute approximate surface area is 140 Å². The number of rotatable bonds is 4. The summed E-state index contributed by atoms with van der Waals surface area (Å²) < 4.78 is 27.4. The number of nitrogens with one attached hydrogen (secondary N) is 1. The number of carbonyl (C=O) groups is 2. The van der Waals surface area contributed by atoms with Crippen molar-refractivity contribution in [2.45, 2.75) is 76.7 Å². The molecule has 2 aliphatic heterocycles. The van der Waals surface area contributed by atoms with E-state index in [9.17, 15) is 14.7 Å². The normalized spacial score (nSPS) is 32.9. The molecular formula is C15H25NO8. The minimum Gasteiger partial charge on any atom is -0.480 e. The Hall–Kier alpha value is -1.42. The van der Waals surface area contributed by atoms with Crippen LogP contribution < -0.4 is 5.32 Å². The summed E-state index contributed by atoms with van der Waals surface area (Å²) in [4.78, 5) is 23.6. The summed E-state index contributed by atoms with van der Waals surface area (Å²) in [5.41, 5.74) is -0.754. The van der Waals surface area contributed by atoms with Crippen LogP contribution in [0.1, 0.15) is 34.6 Å². The van der Waals surface area contributed by atoms with Gasteiger partial charge < -0.3 is 34.1 Å². The summed E-state index contributed by atoms with van der Waals surface area (Å²) in [5.74, 6) is -2.17. The van der Waals surface area contributed by atoms with Gasteiger partial charge in [-0.25, -0.2) is 9.59 Å². The van der Waals surface area contributed by atoms with Crippen molar-refractivity contribution < 1.29 is 38.4 Å². The van der Waals surface area contributed by atoms with Crippen LogP contribution in [-0.2, 0) is 28.5 Å². The molecule has 0 saturated carbocycles. The Morgan fingerprint density at radius 2 is 1.79 bits per heavy atom. The van der Waals surface area contributed by atoms with E-state index < -0.39 is 54.1 Å². The number of carboxylic acid groups (broad SMARTS) is 1. The third-order valence-corrected chi connectivity index (χ3v) is 3.55. The zero-order valence-corrected chi connectivity index (χ0v) is 14.7. The van der Waals surface area contributed by atoms with Crippen LogP contribution in [0.4, 0.5) is 4.79 Å². The first-order valence-corrected chi connectivity index (χ1v) is 7.70. The molecule has 2 N–H and O–H groups in total. The van der Waals surface area contributed by atoms with Gasteiger partial charge in [0.25, 0.3) is 0 Å². The van der Waals surface area contributed by atoms with Gasteiger partial charge in [0.2, 0.25) is 0 Å². The molecular weight excluding hydrogens is 322 g/mol. The van der Waals surface area contributed by atoms with Crippen LogP contribution in [0.2, 0.25) is 0 Å². The van der Waals surface area contributed by atoms with Crippen molar-refractivity contribution in [1.29, 1.82) is 0 Å². The molecule has 24 heavy (non-hydrogen) atoms. The molecule has 0 aromatic heterocycles. The van der Waals surface area contributed by atoms with Gasteiger partial charge in [0.15, 0.2) is 18.1 Å². The van der Waals surface area contributed by atoms with Gasteiger partial charge >= 0.3 is 12.1 Å². The van der Waals surface area contributed by atoms with Crippen molar-refractivity contribution in [2.75, 3.05) is 7.11 Å². The fourth-order valence-corrected chi connectivity index (χ4v) is 2.77. The molecule has 2 saturated heterocycles. The summed E-state index contributed by atoms with van der Waals surface area (Å²) in [6.45, 7) is 8.48. The lowest BCUT2D eigenvalue weighted by Gasteiger charge is -2.28. The molecule has 138 valence electrons. The monoisotopic (exact) mass is 347 g/mol. The second-order valence-corrected chi connectivity index (χ2v) is 7.23. The van der Waals surface area contributed by atoms with E-state index in [0.29, 0.717) is 0 Å². The highest BCUT2D eigenvalue weighted by atomic mass is 16.8. The molecule has 5 atom stereocenters. The van der Waals surface area contributed by atoms with Crippen LogP contribution >= 0.6 is 0 Å². The van der Waals surface area contributed by atoms with E-state index in [-0.39, 0.29) is 0 Å². The topological polar surface area (TPSA) is 113 Å². The van der Waals surface area contributed by atoms with Crippen molar-refractivity contribution >= 4 is 12.1 Å². The maximum Gasteiger partial charge on any atom is 0.408 e. The molecule has 2 rings (SSSR count). The highest BCUT2D eigenvalue weighted by Crippen LogP contribution is 2.40. The molecule has 0 radical (unpaired) electrons. The Balaban J connectivity index is 2.16. The standard InChI is InChI=1S/C15H25NO8/c1-14(2,3)24-13(19)16-7(11(17)18)8-9-10(12(20-6)21-8)23-15(4,5)22-9/h7-10,12H,1-6H3,(H,16,19)(H,17,18)/t7-,8?,9?,10?,12?/m1/s1. The largest absolute Gasteiger partial charge is 0.480 e. The number of fused-ring (bicyclic) bond motifs is 1. The molecule has 1 amide bonds. The van der Waals surface area contributed by atoms with Crippen molar-refractivity contribution in [3.05, 3.63) is 0 Å². The highest BCUT2D eigenvalue weighted by molar-refractivity contribution is 5.80. The average Bonchev–Trinajstić information content (AvgIpc) is 2.86. The van der Waals surface area contributed by atoms with E-state index in [2.05, 4.69) is 5.32 Å². The van der Waals surface area contributed by atoms with Crippen molar-refractivity contribution in [3.63, 3.8) is 0 Å². The SMILES string of the molecule is COC1OC([C@@H](NC(=O)OC(C)(C)C)C(=O)O)C2OC(C)(C)OC12. The van der Waals surface area contributed by atoms with E-state index in [1.54, 1.807) is 34.6 Å². The third-order valence-electron chi connectivity index (χ3n) is 3.55. The lowest BCUT2D eigenvalue weighted by atomic mass is 10.0. The summed E-state index contributed by atoms with van der Waals surface area (Å²) in [5, 5.41) is 11.8. The molecule has 0 aliphatic carbocycles. The molecule has 0 spiro atoms. The molecule has 0 bridgehead atoms. The quantitative estimate of drug-likeness (QED) is 0.770. The number of alkyl carbamates (subject to hydrolysis) is 1. The smallest absolute Gasteiger partial charge is 0.408 e. The maximum absolute atomic E-state index is 11.9. The zero-order chi connectivity index (χ0) is 18.3. The molecule has 2 fully saturated rings. The molecule has 2 heterocycles. The number of carbonyl (C=O) groups excluding carboxylic acids is 1. The van der Waals surface area contributed by atoms with Crippen molar-refractivity contribution in [2.24, 2.45) is 0 Å². The lowest BCUT2D eigenvalue weighted by molar-refractivity contribution is -0.230. The van der Waals surface area contributed by atoms with Gasteiger partial charge in [-0.15, -0.1) is 0 Å². The predicted molar refractivity (Wildman–Crippen MR) is 80.3 cm³/mol. The second-order valence-electron chi connectivity index (χ2n) is 7.23. The van der Waals surface area contributed by atoms with Gasteiger partial charge in [-0.1, -0.05) is 0 Å². The predicted octanol–water partition coefficient (Wildman–Crippen LogP) is 0.856. The fraction of sp³-hybridized carbons (Fsp3) is 0.867. The number of ether oxygens (including phenoxy) is 5. The van der Waals surface area contributed by atoms with Gasteiger partial charge in [0.1, 0.15) is 23.9 Å². The van der Waals surface area contributed by atoms with Gasteiger partial charge in [0.05, 0.1) is 0 Å². The molecule has 0 aromatic rings. The molecule has 9 heteroatoms. The van der Waals surface area contributed by atoms with Crippen LogP contribution in [0.3, 0.4) is 0 Å². The Bertz CT molecular complexity index is 500. The number of hydrogen-bond acceptors (Lipinski definition) is 7. The minimum absolute atomic E-state index is 0.586. The number of aliphatic carboxylic acids is 1. The number of methoxy groups -OCH3 is 1. The summed E-state index contributed by atoms with van der Waals surface area (Å²) in [6.07, 6.45) is -3.90. The van der Waals surface area contributed by atoms with Crippen molar-refractivity contribution in [3.8, 4) is 0 Å². The van der Waals surface area contributed by atoms with E-state index in [1.165, 1.54) is 7.11 Å². The van der Waals surface area contributed by atoms with E-state index in [1.807, 2.05) is 0 Å². The van der Waals surface area contributed by atoms with Gasteiger partial charge in [-0.05, 0) is 34.6 Å². The average molecular weight is 347 g/mol. The summed E-state index contributed by atoms with van der Waals surface area (Å²) >= 11 is 0. The molecule has 4 unspecified atom stereocenters. The fourth-order valence-electron chi connectivity index (χ4n) is 2.77. The van der Waals surface area contributed by atoms with Gasteiger partial charge in [-0.2, -0.15) is 0 Å². The summed E-state index contributed by atoms with van der Waals surface area (Å²) in [7, 11) is 1.43. The molecule has 9 nitrogen and oxygen atoms in total. The zero-order valence-electron chi connectivity index (χ0n) is 14.7. The van der Waals surface area contributed by atoms with E-state index >= 15 is 0 Å². The Morgan fingerprint density at radius 1 is 1.21 bits per heavy atom. The first-order chi connectivity index (χ1) is 10.9. The summed E-state index contributed by atoms with van der Waals surface area (Å²) in [6, 6.07) is -1.37. The second kappa shape index (κ2) is 6.47. The van der Waals surface area contributed by atoms with E-state index in [0.717, 1.165) is 0 Å². The van der Waals surface area contributed by atoms with E-state index in [4.69, 9.17) is 23.7 Å². The lowest BCUT2D eigenvalue weighted by Crippen LogP contribution is -2.54. The first kappa shape index (κ1) is 18.9. The minimum atomic E-state index is -1.37. The first-order valence-electron chi connectivity index (χ1n) is 7.70. The third kappa shape index (κ3) is 4.15. The Morgan fingerprint density at radius 3 is 2.29 bits per heavy atom. The highest BCUT2D eigenvalue weighted by Gasteiger charge is 2.59.